The number of nitrogens with zero attached hydrogens (tertiary/aromatic N) is 3. The fraction of sp³-hybridized carbons (Fsp3) is 0.438. The number of ether oxygens (including phenoxy) is 1. The summed E-state index contributed by atoms with van der Waals surface area (Å²) in [7, 11) is 1.64. The molecule has 0 bridgehead atoms. The summed E-state index contributed by atoms with van der Waals surface area (Å²) in [6, 6.07) is 3.74. The van der Waals surface area contributed by atoms with Crippen molar-refractivity contribution in [1.82, 2.24) is 14.8 Å². The molecule has 24 heavy (non-hydrogen) atoms. The molecule has 1 aromatic carbocycles. The highest BCUT2D eigenvalue weighted by atomic mass is 32.2. The van der Waals surface area contributed by atoms with E-state index in [1.807, 2.05) is 12.1 Å². The van der Waals surface area contributed by atoms with Crippen molar-refractivity contribution in [2.75, 3.05) is 12.9 Å². The SMILES string of the molecule is COc1ccc(-n2c(CF)nnc2SCC(=O)O)c2c1CCCC2. The van der Waals surface area contributed by atoms with Crippen molar-refractivity contribution in [3.63, 3.8) is 0 Å². The number of aliphatic carboxylic acids is 1. The Balaban J connectivity index is 2.11. The van der Waals surface area contributed by atoms with Gasteiger partial charge >= 0.3 is 5.97 Å². The summed E-state index contributed by atoms with van der Waals surface area (Å²) in [5.74, 6) is -0.0834. The molecule has 3 rings (SSSR count). The first-order valence-corrected chi connectivity index (χ1v) is 8.68. The van der Waals surface area contributed by atoms with E-state index in [4.69, 9.17) is 9.84 Å². The number of hydrogen-bond donors (Lipinski definition) is 1. The number of hydrogen-bond acceptors (Lipinski definition) is 5. The third-order valence-corrected chi connectivity index (χ3v) is 4.99. The summed E-state index contributed by atoms with van der Waals surface area (Å²) >= 11 is 1.04. The third-order valence-electron chi connectivity index (χ3n) is 4.07. The number of aromatic nitrogens is 3. The molecule has 1 N–H and O–H groups in total. The average Bonchev–Trinajstić information content (AvgIpc) is 3.01. The van der Waals surface area contributed by atoms with Crippen molar-refractivity contribution < 1.29 is 19.0 Å². The van der Waals surface area contributed by atoms with Gasteiger partial charge in [-0.25, -0.2) is 4.39 Å². The number of carboxylic acids is 1. The average molecular weight is 351 g/mol. The van der Waals surface area contributed by atoms with Crippen molar-refractivity contribution >= 4 is 17.7 Å². The van der Waals surface area contributed by atoms with Gasteiger partial charge in [-0.1, -0.05) is 11.8 Å². The van der Waals surface area contributed by atoms with Crippen LogP contribution in [0.25, 0.3) is 5.69 Å². The minimum absolute atomic E-state index is 0.150. The summed E-state index contributed by atoms with van der Waals surface area (Å²) in [4.78, 5) is 10.8. The largest absolute Gasteiger partial charge is 0.496 e. The monoisotopic (exact) mass is 351 g/mol. The molecule has 0 spiro atoms. The number of carboxylic acid groups (broad SMARTS) is 1. The van der Waals surface area contributed by atoms with E-state index in [9.17, 15) is 9.18 Å². The van der Waals surface area contributed by atoms with Gasteiger partial charge in [-0.05, 0) is 48.9 Å². The zero-order valence-electron chi connectivity index (χ0n) is 13.3. The molecule has 0 amide bonds. The Morgan fingerprint density at radius 1 is 1.33 bits per heavy atom. The van der Waals surface area contributed by atoms with Crippen molar-refractivity contribution in [3.8, 4) is 11.4 Å². The number of carbonyl (C=O) groups is 1. The Labute approximate surface area is 143 Å². The minimum atomic E-state index is -0.951. The Kier molecular flexibility index (Phi) is 5.03. The summed E-state index contributed by atoms with van der Waals surface area (Å²) in [5.41, 5.74) is 3.05. The van der Waals surface area contributed by atoms with Crippen LogP contribution in [-0.2, 0) is 24.3 Å². The zero-order valence-corrected chi connectivity index (χ0v) is 14.1. The van der Waals surface area contributed by atoms with Crippen molar-refractivity contribution in [2.45, 2.75) is 37.5 Å². The van der Waals surface area contributed by atoms with E-state index in [0.717, 1.165) is 60.0 Å². The van der Waals surface area contributed by atoms with Crippen LogP contribution < -0.4 is 4.74 Å². The second kappa shape index (κ2) is 7.21. The lowest BCUT2D eigenvalue weighted by atomic mass is 9.89. The Morgan fingerprint density at radius 3 is 2.75 bits per heavy atom. The highest BCUT2D eigenvalue weighted by molar-refractivity contribution is 7.99. The van der Waals surface area contributed by atoms with E-state index >= 15 is 0 Å². The second-order valence-corrected chi connectivity index (χ2v) is 6.44. The van der Waals surface area contributed by atoms with Crippen LogP contribution in [0.4, 0.5) is 4.39 Å². The smallest absolute Gasteiger partial charge is 0.313 e. The number of halogens is 1. The molecule has 128 valence electrons. The molecule has 0 fully saturated rings. The summed E-state index contributed by atoms with van der Waals surface area (Å²) in [6.07, 6.45) is 3.93. The molecule has 1 aliphatic rings. The zero-order chi connectivity index (χ0) is 17.1. The van der Waals surface area contributed by atoms with E-state index in [-0.39, 0.29) is 11.6 Å². The molecule has 0 aliphatic heterocycles. The lowest BCUT2D eigenvalue weighted by molar-refractivity contribution is -0.133. The molecular weight excluding hydrogens is 333 g/mol. The number of fused-ring (bicyclic) bond motifs is 1. The molecule has 0 saturated heterocycles. The van der Waals surface area contributed by atoms with E-state index in [1.54, 1.807) is 11.7 Å². The van der Waals surface area contributed by atoms with Gasteiger partial charge in [0.1, 0.15) is 12.4 Å². The fourth-order valence-corrected chi connectivity index (χ4v) is 3.75. The maximum Gasteiger partial charge on any atom is 0.313 e. The Morgan fingerprint density at radius 2 is 2.08 bits per heavy atom. The van der Waals surface area contributed by atoms with Crippen LogP contribution in [0, 0.1) is 0 Å². The summed E-state index contributed by atoms with van der Waals surface area (Å²) in [5, 5.41) is 17.1. The van der Waals surface area contributed by atoms with Gasteiger partial charge in [0.15, 0.2) is 11.0 Å². The first-order valence-electron chi connectivity index (χ1n) is 7.69. The number of methoxy groups -OCH3 is 1. The number of rotatable bonds is 6. The second-order valence-electron chi connectivity index (χ2n) is 5.50. The highest BCUT2D eigenvalue weighted by Gasteiger charge is 2.23. The van der Waals surface area contributed by atoms with Gasteiger partial charge in [0.2, 0.25) is 0 Å². The van der Waals surface area contributed by atoms with Gasteiger partial charge in [-0.15, -0.1) is 10.2 Å². The standard InChI is InChI=1S/C16H18FN3O3S/c1-23-13-7-6-12(10-4-2-3-5-11(10)13)20-14(8-17)18-19-16(20)24-9-15(21)22/h6-7H,2-5,8-9H2,1H3,(H,21,22). The molecule has 2 aromatic rings. The van der Waals surface area contributed by atoms with Gasteiger partial charge in [-0.2, -0.15) is 0 Å². The maximum atomic E-state index is 13.4. The Bertz CT molecular complexity index is 763. The lowest BCUT2D eigenvalue weighted by Gasteiger charge is -2.23. The van der Waals surface area contributed by atoms with Gasteiger partial charge in [0.25, 0.3) is 0 Å². The van der Waals surface area contributed by atoms with Crippen LogP contribution in [-0.4, -0.2) is 38.7 Å². The third kappa shape index (κ3) is 3.10. The van der Waals surface area contributed by atoms with Crippen LogP contribution >= 0.6 is 11.8 Å². The topological polar surface area (TPSA) is 77.2 Å². The summed E-state index contributed by atoms with van der Waals surface area (Å²) < 4.78 is 20.5. The Hall–Kier alpha value is -2.09. The van der Waals surface area contributed by atoms with Crippen LogP contribution in [0.3, 0.4) is 0 Å². The molecule has 0 saturated carbocycles. The van der Waals surface area contributed by atoms with Crippen molar-refractivity contribution in [3.05, 3.63) is 29.1 Å². The first-order chi connectivity index (χ1) is 11.7. The first kappa shape index (κ1) is 16.8. The molecule has 0 unspecified atom stereocenters. The van der Waals surface area contributed by atoms with Gasteiger partial charge in [0.05, 0.1) is 18.6 Å². The predicted molar refractivity (Wildman–Crippen MR) is 87.7 cm³/mol. The minimum Gasteiger partial charge on any atom is -0.496 e. The van der Waals surface area contributed by atoms with Crippen LogP contribution in [0.1, 0.15) is 29.8 Å². The van der Waals surface area contributed by atoms with E-state index < -0.39 is 12.6 Å². The van der Waals surface area contributed by atoms with Gasteiger partial charge in [-0.3, -0.25) is 9.36 Å². The van der Waals surface area contributed by atoms with E-state index in [2.05, 4.69) is 10.2 Å². The van der Waals surface area contributed by atoms with Gasteiger partial charge in [0, 0.05) is 0 Å². The van der Waals surface area contributed by atoms with E-state index in [0.29, 0.717) is 5.16 Å². The number of thioether (sulfide) groups is 1. The maximum absolute atomic E-state index is 13.4. The molecule has 8 heteroatoms. The molecule has 1 aromatic heterocycles. The highest BCUT2D eigenvalue weighted by Crippen LogP contribution is 2.35. The normalized spacial score (nSPS) is 13.6. The van der Waals surface area contributed by atoms with Crippen molar-refractivity contribution in [2.24, 2.45) is 0 Å². The van der Waals surface area contributed by atoms with Gasteiger partial charge < -0.3 is 9.84 Å². The van der Waals surface area contributed by atoms with Crippen LogP contribution in [0.2, 0.25) is 0 Å². The van der Waals surface area contributed by atoms with E-state index in [1.165, 1.54) is 0 Å². The molecule has 6 nitrogen and oxygen atoms in total. The molecule has 1 heterocycles. The molecule has 1 aliphatic carbocycles. The number of benzene rings is 1. The predicted octanol–water partition coefficient (Wildman–Crippen LogP) is 2.80. The lowest BCUT2D eigenvalue weighted by Crippen LogP contribution is -2.12. The summed E-state index contributed by atoms with van der Waals surface area (Å²) in [6.45, 7) is -0.762. The van der Waals surface area contributed by atoms with Crippen molar-refractivity contribution in [1.29, 1.82) is 0 Å². The quantitative estimate of drug-likeness (QED) is 0.807. The molecule has 0 radical (unpaired) electrons. The number of alkyl halides is 1. The molecule has 0 atom stereocenters. The van der Waals surface area contributed by atoms with Crippen LogP contribution in [0.5, 0.6) is 5.75 Å². The fourth-order valence-electron chi connectivity index (χ4n) is 3.07. The van der Waals surface area contributed by atoms with Crippen LogP contribution in [0.15, 0.2) is 17.3 Å². The molecular formula is C16H18FN3O3S.